The first-order chi connectivity index (χ1) is 16.2. The first-order valence-corrected chi connectivity index (χ1v) is 13.3. The van der Waals surface area contributed by atoms with Crippen LogP contribution in [0.3, 0.4) is 0 Å². The van der Waals surface area contributed by atoms with Crippen LogP contribution < -0.4 is 0 Å². The molecule has 0 radical (unpaired) electrons. The Bertz CT molecular complexity index is 949. The number of ether oxygens (including phenoxy) is 2. The molecule has 0 amide bonds. The maximum absolute atomic E-state index is 13.5. The smallest absolute Gasteiger partial charge is 0.193 e. The monoisotopic (exact) mass is 470 g/mol. The zero-order chi connectivity index (χ0) is 23.9. The molecular weight excluding hydrogens is 432 g/mol. The largest absolute Gasteiger partial charge is 0.393 e. The molecule has 1 heterocycles. The zero-order valence-electron chi connectivity index (χ0n) is 20.4. The highest BCUT2D eigenvalue weighted by atomic mass is 16.7. The molecule has 0 aromatic rings. The fourth-order valence-electron chi connectivity index (χ4n) is 9.24. The lowest BCUT2D eigenvalue weighted by Gasteiger charge is -2.59. The molecule has 9 atom stereocenters. The standard InChI is InChI=1S/C28H38O6/c1-26-11-10-18(30)12-17(26)8-9-19-20-13-23-28(22(32)15-29,27(20,2)14-21(31)24(19)26)34-25(33-23)16-6-4-3-5-7-16/h8,10-11,16,19-21,23-25,29,31H,3-7,9,12-15H2,1-2H3/t19-,20-,21-,23+,24+,25?,26-,27-,28+/m0/s1. The molecule has 0 spiro atoms. The first-order valence-electron chi connectivity index (χ1n) is 13.3. The van der Waals surface area contributed by atoms with E-state index < -0.39 is 30.0 Å². The van der Waals surface area contributed by atoms with Crippen LogP contribution >= 0.6 is 0 Å². The Morgan fingerprint density at radius 1 is 1.21 bits per heavy atom. The van der Waals surface area contributed by atoms with Crippen LogP contribution in [0.5, 0.6) is 0 Å². The van der Waals surface area contributed by atoms with Gasteiger partial charge in [-0.25, -0.2) is 0 Å². The second-order valence-corrected chi connectivity index (χ2v) is 12.3. The van der Waals surface area contributed by atoms with Gasteiger partial charge in [-0.3, -0.25) is 9.59 Å². The van der Waals surface area contributed by atoms with E-state index in [-0.39, 0.29) is 46.8 Å². The molecular formula is C28H38O6. The molecule has 5 aliphatic carbocycles. The number of carbonyl (C=O) groups excluding carboxylic acids is 2. The molecule has 34 heavy (non-hydrogen) atoms. The van der Waals surface area contributed by atoms with Crippen molar-refractivity contribution in [2.45, 2.75) is 95.7 Å². The summed E-state index contributed by atoms with van der Waals surface area (Å²) in [5.41, 5.74) is -1.05. The van der Waals surface area contributed by atoms with Gasteiger partial charge in [0.25, 0.3) is 0 Å². The van der Waals surface area contributed by atoms with E-state index in [4.69, 9.17) is 9.47 Å². The van der Waals surface area contributed by atoms with Gasteiger partial charge in [-0.2, -0.15) is 0 Å². The molecule has 0 aromatic carbocycles. The summed E-state index contributed by atoms with van der Waals surface area (Å²) < 4.78 is 13.3. The Morgan fingerprint density at radius 3 is 2.71 bits per heavy atom. The van der Waals surface area contributed by atoms with Crippen LogP contribution in [0.1, 0.15) is 71.6 Å². The van der Waals surface area contributed by atoms with Crippen molar-refractivity contribution in [1.82, 2.24) is 0 Å². The topological polar surface area (TPSA) is 93.1 Å². The lowest BCUT2D eigenvalue weighted by Crippen LogP contribution is -2.63. The van der Waals surface area contributed by atoms with Gasteiger partial charge in [0.05, 0.1) is 12.2 Å². The number of fused-ring (bicyclic) bond motifs is 7. The van der Waals surface area contributed by atoms with Gasteiger partial charge in [-0.1, -0.05) is 50.8 Å². The molecule has 6 aliphatic rings. The van der Waals surface area contributed by atoms with Crippen molar-refractivity contribution in [3.05, 3.63) is 23.8 Å². The summed E-state index contributed by atoms with van der Waals surface area (Å²) in [6, 6.07) is 0. The number of hydrogen-bond donors (Lipinski definition) is 2. The fraction of sp³-hybridized carbons (Fsp3) is 0.786. The van der Waals surface area contributed by atoms with E-state index in [9.17, 15) is 19.8 Å². The molecule has 6 nitrogen and oxygen atoms in total. The Kier molecular flexibility index (Phi) is 5.31. The van der Waals surface area contributed by atoms with Crippen LogP contribution in [0.4, 0.5) is 0 Å². The average Bonchev–Trinajstić information content (AvgIpc) is 3.32. The molecule has 4 fully saturated rings. The Hall–Kier alpha value is -1.34. The number of aliphatic hydroxyl groups is 2. The van der Waals surface area contributed by atoms with Crippen molar-refractivity contribution in [2.24, 2.45) is 34.5 Å². The van der Waals surface area contributed by atoms with Crippen LogP contribution in [-0.4, -0.2) is 52.5 Å². The zero-order valence-corrected chi connectivity index (χ0v) is 20.4. The number of rotatable bonds is 3. The van der Waals surface area contributed by atoms with Gasteiger partial charge < -0.3 is 19.7 Å². The molecule has 6 heteroatoms. The lowest BCUT2D eigenvalue weighted by molar-refractivity contribution is -0.207. The molecule has 1 aliphatic heterocycles. The molecule has 3 saturated carbocycles. The summed E-state index contributed by atoms with van der Waals surface area (Å²) in [5, 5.41) is 21.7. The van der Waals surface area contributed by atoms with Gasteiger partial charge in [-0.05, 0) is 50.0 Å². The molecule has 0 aromatic heterocycles. The maximum Gasteiger partial charge on any atom is 0.193 e. The van der Waals surface area contributed by atoms with Crippen molar-refractivity contribution in [3.63, 3.8) is 0 Å². The summed E-state index contributed by atoms with van der Waals surface area (Å²) in [6.07, 6.45) is 12.5. The number of allylic oxidation sites excluding steroid dienone is 4. The van der Waals surface area contributed by atoms with Gasteiger partial charge in [0, 0.05) is 29.1 Å². The SMILES string of the molecule is C[C@]12C=CC(=O)CC1=CC[C@@H]1[C@@H]2[C@@H](O)C[C@@]2(C)[C@H]1C[C@H]1OC(C3CCCCC3)O[C@]12C(=O)CO. The van der Waals surface area contributed by atoms with E-state index in [2.05, 4.69) is 19.9 Å². The van der Waals surface area contributed by atoms with E-state index >= 15 is 0 Å². The van der Waals surface area contributed by atoms with Crippen LogP contribution in [0, 0.1) is 34.5 Å². The van der Waals surface area contributed by atoms with Gasteiger partial charge >= 0.3 is 0 Å². The Labute approximate surface area is 201 Å². The molecule has 186 valence electrons. The Balaban J connectivity index is 1.38. The molecule has 0 bridgehead atoms. The third-order valence-electron chi connectivity index (χ3n) is 10.8. The molecule has 2 N–H and O–H groups in total. The molecule has 1 unspecified atom stereocenters. The van der Waals surface area contributed by atoms with E-state index in [1.807, 2.05) is 6.08 Å². The number of carbonyl (C=O) groups is 2. The van der Waals surface area contributed by atoms with Crippen molar-refractivity contribution < 1.29 is 29.3 Å². The number of hydrogen-bond acceptors (Lipinski definition) is 6. The molecule has 1 saturated heterocycles. The summed E-state index contributed by atoms with van der Waals surface area (Å²) in [4.78, 5) is 25.6. The predicted molar refractivity (Wildman–Crippen MR) is 125 cm³/mol. The fourth-order valence-corrected chi connectivity index (χ4v) is 9.24. The summed E-state index contributed by atoms with van der Waals surface area (Å²) in [6.45, 7) is 3.68. The number of aliphatic hydroxyl groups excluding tert-OH is 2. The predicted octanol–water partition coefficient (Wildman–Crippen LogP) is 3.50. The minimum Gasteiger partial charge on any atom is -0.393 e. The van der Waals surface area contributed by atoms with E-state index in [1.54, 1.807) is 6.08 Å². The van der Waals surface area contributed by atoms with E-state index in [0.29, 0.717) is 19.3 Å². The second kappa shape index (κ2) is 7.83. The summed E-state index contributed by atoms with van der Waals surface area (Å²) in [7, 11) is 0. The highest BCUT2D eigenvalue weighted by Crippen LogP contribution is 2.69. The van der Waals surface area contributed by atoms with Crippen LogP contribution in [0.15, 0.2) is 23.8 Å². The van der Waals surface area contributed by atoms with Crippen LogP contribution in [0.25, 0.3) is 0 Å². The number of Topliss-reactive ketones (excluding diaryl/α,β-unsaturated/α-hetero) is 1. The van der Waals surface area contributed by atoms with Gasteiger partial charge in [-0.15, -0.1) is 0 Å². The van der Waals surface area contributed by atoms with Gasteiger partial charge in [0.2, 0.25) is 0 Å². The quantitative estimate of drug-likeness (QED) is 0.614. The van der Waals surface area contributed by atoms with Crippen molar-refractivity contribution in [2.75, 3.05) is 6.61 Å². The Morgan fingerprint density at radius 2 is 1.97 bits per heavy atom. The van der Waals surface area contributed by atoms with Gasteiger partial charge in [0.1, 0.15) is 6.61 Å². The summed E-state index contributed by atoms with van der Waals surface area (Å²) in [5.74, 6) is 0.395. The minimum atomic E-state index is -1.20. The maximum atomic E-state index is 13.5. The molecule has 6 rings (SSSR count). The second-order valence-electron chi connectivity index (χ2n) is 12.3. The lowest BCUT2D eigenvalue weighted by atomic mass is 9.47. The highest BCUT2D eigenvalue weighted by molar-refractivity contribution is 5.93. The van der Waals surface area contributed by atoms with E-state index in [0.717, 1.165) is 37.7 Å². The van der Waals surface area contributed by atoms with Gasteiger partial charge in [0.15, 0.2) is 23.5 Å². The summed E-state index contributed by atoms with van der Waals surface area (Å²) >= 11 is 0. The third kappa shape index (κ3) is 2.89. The first kappa shape index (κ1) is 23.1. The normalized spacial score (nSPS) is 50.2. The number of ketones is 2. The van der Waals surface area contributed by atoms with Crippen LogP contribution in [-0.2, 0) is 19.1 Å². The van der Waals surface area contributed by atoms with Crippen molar-refractivity contribution >= 4 is 11.6 Å². The third-order valence-corrected chi connectivity index (χ3v) is 10.8. The van der Waals surface area contributed by atoms with Crippen molar-refractivity contribution in [1.29, 1.82) is 0 Å². The van der Waals surface area contributed by atoms with Crippen molar-refractivity contribution in [3.8, 4) is 0 Å². The van der Waals surface area contributed by atoms with Crippen LogP contribution in [0.2, 0.25) is 0 Å². The average molecular weight is 471 g/mol. The van der Waals surface area contributed by atoms with E-state index in [1.165, 1.54) is 6.42 Å². The highest BCUT2D eigenvalue weighted by Gasteiger charge is 2.75. The minimum absolute atomic E-state index is 0.0100.